The molecule has 1 aliphatic carbocycles. The third-order valence-corrected chi connectivity index (χ3v) is 2.82. The Kier molecular flexibility index (Phi) is 2.04. The van der Waals surface area contributed by atoms with Crippen LogP contribution in [0.5, 0.6) is 0 Å². The van der Waals surface area contributed by atoms with E-state index in [-0.39, 0.29) is 11.2 Å². The van der Waals surface area contributed by atoms with Crippen LogP contribution in [0, 0.1) is 5.82 Å². The van der Waals surface area contributed by atoms with Gasteiger partial charge in [0.2, 0.25) is 0 Å². The second kappa shape index (κ2) is 3.07. The van der Waals surface area contributed by atoms with E-state index in [1.165, 1.54) is 6.20 Å². The molecule has 1 aliphatic rings. The van der Waals surface area contributed by atoms with Crippen LogP contribution in [0.2, 0.25) is 0 Å². The molecule has 0 saturated heterocycles. The number of halogens is 1. The number of pyridine rings is 1. The molecule has 1 aromatic heterocycles. The summed E-state index contributed by atoms with van der Waals surface area (Å²) >= 11 is 0. The Morgan fingerprint density at radius 3 is 2.85 bits per heavy atom. The summed E-state index contributed by atoms with van der Waals surface area (Å²) in [7, 11) is 0. The molecule has 1 heterocycles. The minimum absolute atomic E-state index is 0.0434. The first kappa shape index (κ1) is 8.63. The molecule has 70 valence electrons. The molecule has 0 aromatic carbocycles. The van der Waals surface area contributed by atoms with Gasteiger partial charge in [-0.3, -0.25) is 4.98 Å². The molecule has 0 unspecified atom stereocenters. The van der Waals surface area contributed by atoms with Crippen LogP contribution in [0.25, 0.3) is 0 Å². The first-order chi connectivity index (χ1) is 6.28. The van der Waals surface area contributed by atoms with E-state index in [2.05, 4.69) is 4.98 Å². The fourth-order valence-corrected chi connectivity index (χ4v) is 1.89. The van der Waals surface area contributed by atoms with Crippen molar-refractivity contribution in [3.63, 3.8) is 0 Å². The van der Waals surface area contributed by atoms with Gasteiger partial charge in [0.05, 0.1) is 6.20 Å². The first-order valence-electron chi connectivity index (χ1n) is 4.58. The fourth-order valence-electron chi connectivity index (χ4n) is 1.89. The average molecular weight is 180 g/mol. The number of aromatic nitrogens is 1. The number of hydrogen-bond donors (Lipinski definition) is 1. The van der Waals surface area contributed by atoms with E-state index in [9.17, 15) is 4.39 Å². The predicted molar refractivity (Wildman–Crippen MR) is 48.8 cm³/mol. The lowest BCUT2D eigenvalue weighted by atomic mass is 9.93. The molecule has 1 saturated carbocycles. The van der Waals surface area contributed by atoms with Gasteiger partial charge in [0.1, 0.15) is 5.82 Å². The zero-order chi connectivity index (χ0) is 9.31. The van der Waals surface area contributed by atoms with Crippen molar-refractivity contribution >= 4 is 0 Å². The van der Waals surface area contributed by atoms with E-state index in [1.54, 1.807) is 12.3 Å². The second-order valence-corrected chi connectivity index (χ2v) is 3.67. The van der Waals surface area contributed by atoms with E-state index in [0.29, 0.717) is 6.54 Å². The monoisotopic (exact) mass is 180 g/mol. The Morgan fingerprint density at radius 2 is 2.31 bits per heavy atom. The molecule has 0 aliphatic heterocycles. The lowest BCUT2D eigenvalue weighted by Gasteiger charge is -2.14. The van der Waals surface area contributed by atoms with E-state index < -0.39 is 0 Å². The lowest BCUT2D eigenvalue weighted by molar-refractivity contribution is 0.546. The average Bonchev–Trinajstić information content (AvgIpc) is 2.87. The maximum atomic E-state index is 13.3. The van der Waals surface area contributed by atoms with Crippen LogP contribution in [0.3, 0.4) is 0 Å². The molecule has 0 bridgehead atoms. The van der Waals surface area contributed by atoms with Gasteiger partial charge in [-0.15, -0.1) is 0 Å². The third-order valence-electron chi connectivity index (χ3n) is 2.82. The van der Waals surface area contributed by atoms with Gasteiger partial charge < -0.3 is 5.73 Å². The molecular weight excluding hydrogens is 167 g/mol. The highest BCUT2D eigenvalue weighted by Gasteiger charge is 2.44. The van der Waals surface area contributed by atoms with Crippen molar-refractivity contribution in [3.05, 3.63) is 29.8 Å². The third kappa shape index (κ3) is 1.44. The summed E-state index contributed by atoms with van der Waals surface area (Å²) < 4.78 is 13.3. The molecular formula is C10H13FN2. The summed E-state index contributed by atoms with van der Waals surface area (Å²) in [5, 5.41) is 0. The minimum Gasteiger partial charge on any atom is -0.330 e. The van der Waals surface area contributed by atoms with Gasteiger partial charge in [0.25, 0.3) is 0 Å². The minimum atomic E-state index is -0.187. The van der Waals surface area contributed by atoms with Crippen molar-refractivity contribution in [2.45, 2.75) is 24.7 Å². The SMILES string of the molecule is NCCC1(c2ccncc2F)CC1. The van der Waals surface area contributed by atoms with Crippen LogP contribution in [-0.2, 0) is 5.41 Å². The van der Waals surface area contributed by atoms with Crippen molar-refractivity contribution in [2.24, 2.45) is 5.73 Å². The van der Waals surface area contributed by atoms with E-state index in [0.717, 1.165) is 24.8 Å². The van der Waals surface area contributed by atoms with Gasteiger partial charge in [-0.25, -0.2) is 4.39 Å². The Balaban J connectivity index is 2.30. The lowest BCUT2D eigenvalue weighted by Crippen LogP contribution is -2.15. The van der Waals surface area contributed by atoms with Crippen LogP contribution < -0.4 is 5.73 Å². The van der Waals surface area contributed by atoms with E-state index in [1.807, 2.05) is 0 Å². The normalized spacial score (nSPS) is 18.6. The molecule has 0 radical (unpaired) electrons. The first-order valence-corrected chi connectivity index (χ1v) is 4.58. The van der Waals surface area contributed by atoms with Crippen molar-refractivity contribution < 1.29 is 4.39 Å². The topological polar surface area (TPSA) is 38.9 Å². The quantitative estimate of drug-likeness (QED) is 0.767. The molecule has 3 heteroatoms. The molecule has 2 nitrogen and oxygen atoms in total. The molecule has 0 atom stereocenters. The Bertz CT molecular complexity index is 308. The smallest absolute Gasteiger partial charge is 0.145 e. The maximum Gasteiger partial charge on any atom is 0.145 e. The van der Waals surface area contributed by atoms with Gasteiger partial charge in [-0.05, 0) is 42.9 Å². The van der Waals surface area contributed by atoms with Gasteiger partial charge in [0, 0.05) is 6.20 Å². The highest BCUT2D eigenvalue weighted by atomic mass is 19.1. The summed E-state index contributed by atoms with van der Waals surface area (Å²) in [6, 6.07) is 1.78. The van der Waals surface area contributed by atoms with E-state index >= 15 is 0 Å². The number of nitrogens with zero attached hydrogens (tertiary/aromatic N) is 1. The number of hydrogen-bond acceptors (Lipinski definition) is 2. The largest absolute Gasteiger partial charge is 0.330 e. The zero-order valence-electron chi connectivity index (χ0n) is 7.46. The van der Waals surface area contributed by atoms with Crippen LogP contribution in [-0.4, -0.2) is 11.5 Å². The van der Waals surface area contributed by atoms with Crippen molar-refractivity contribution in [3.8, 4) is 0 Å². The Hall–Kier alpha value is -0.960. The predicted octanol–water partition coefficient (Wildman–Crippen LogP) is 1.60. The van der Waals surface area contributed by atoms with Crippen LogP contribution in [0.1, 0.15) is 24.8 Å². The highest BCUT2D eigenvalue weighted by Crippen LogP contribution is 2.51. The molecule has 1 fully saturated rings. The Labute approximate surface area is 77.0 Å². The standard InChI is InChI=1S/C10H13FN2/c11-9-7-13-6-1-8(9)10(2-3-10)4-5-12/h1,6-7H,2-5,12H2. The summed E-state index contributed by atoms with van der Waals surface area (Å²) in [5.74, 6) is -0.187. The second-order valence-electron chi connectivity index (χ2n) is 3.67. The highest BCUT2D eigenvalue weighted by molar-refractivity contribution is 5.30. The van der Waals surface area contributed by atoms with Crippen molar-refractivity contribution in [2.75, 3.05) is 6.54 Å². The molecule has 13 heavy (non-hydrogen) atoms. The van der Waals surface area contributed by atoms with Gasteiger partial charge in [-0.1, -0.05) is 0 Å². The van der Waals surface area contributed by atoms with Crippen LogP contribution in [0.15, 0.2) is 18.5 Å². The summed E-state index contributed by atoms with van der Waals surface area (Å²) in [4.78, 5) is 3.74. The van der Waals surface area contributed by atoms with E-state index in [4.69, 9.17) is 5.73 Å². The molecule has 0 amide bonds. The maximum absolute atomic E-state index is 13.3. The molecule has 1 aromatic rings. The van der Waals surface area contributed by atoms with Crippen molar-refractivity contribution in [1.29, 1.82) is 0 Å². The van der Waals surface area contributed by atoms with Gasteiger partial charge in [0.15, 0.2) is 0 Å². The fraction of sp³-hybridized carbons (Fsp3) is 0.500. The summed E-state index contributed by atoms with van der Waals surface area (Å²) in [6.45, 7) is 0.627. The summed E-state index contributed by atoms with van der Waals surface area (Å²) in [6.07, 6.45) is 5.94. The molecule has 0 spiro atoms. The van der Waals surface area contributed by atoms with Gasteiger partial charge >= 0.3 is 0 Å². The Morgan fingerprint density at radius 1 is 1.54 bits per heavy atom. The van der Waals surface area contributed by atoms with Crippen LogP contribution in [0.4, 0.5) is 4.39 Å². The number of nitrogens with two attached hydrogens (primary N) is 1. The van der Waals surface area contributed by atoms with Crippen molar-refractivity contribution in [1.82, 2.24) is 4.98 Å². The molecule has 2 N–H and O–H groups in total. The number of rotatable bonds is 3. The molecule has 2 rings (SSSR count). The summed E-state index contributed by atoms with van der Waals surface area (Å²) in [5.41, 5.74) is 6.35. The van der Waals surface area contributed by atoms with Crippen LogP contribution >= 0.6 is 0 Å². The zero-order valence-corrected chi connectivity index (χ0v) is 7.46. The van der Waals surface area contributed by atoms with Gasteiger partial charge in [-0.2, -0.15) is 0 Å².